The number of nitrogens with one attached hydrogen (secondary N) is 1. The highest BCUT2D eigenvalue weighted by Gasteiger charge is 2.19. The molecule has 0 bridgehead atoms. The van der Waals surface area contributed by atoms with Crippen molar-refractivity contribution in [3.05, 3.63) is 66.0 Å². The van der Waals surface area contributed by atoms with Gasteiger partial charge in [-0.3, -0.25) is 14.3 Å². The van der Waals surface area contributed by atoms with Crippen LogP contribution in [0.15, 0.2) is 59.8 Å². The number of aromatic nitrogens is 3. The topological polar surface area (TPSA) is 72.3 Å². The van der Waals surface area contributed by atoms with Gasteiger partial charge < -0.3 is 10.1 Å². The smallest absolute Gasteiger partial charge is 0.234 e. The van der Waals surface area contributed by atoms with Gasteiger partial charge in [0, 0.05) is 24.5 Å². The number of carbonyl (C=O) groups is 1. The highest BCUT2D eigenvalue weighted by Crippen LogP contribution is 2.24. The molecule has 1 aliphatic rings. The lowest BCUT2D eigenvalue weighted by Gasteiger charge is -2.26. The molecular formula is C24H29N5O2S. The van der Waals surface area contributed by atoms with Gasteiger partial charge in [0.05, 0.1) is 25.5 Å². The molecule has 0 spiro atoms. The van der Waals surface area contributed by atoms with Crippen molar-refractivity contribution in [3.63, 3.8) is 0 Å². The van der Waals surface area contributed by atoms with Gasteiger partial charge in [-0.15, -0.1) is 10.2 Å². The van der Waals surface area contributed by atoms with Crippen molar-refractivity contribution >= 4 is 23.4 Å². The summed E-state index contributed by atoms with van der Waals surface area (Å²) in [6, 6.07) is 18.1. The molecule has 7 nitrogen and oxygen atoms in total. The van der Waals surface area contributed by atoms with Crippen molar-refractivity contribution in [2.24, 2.45) is 0 Å². The number of ether oxygens (including phenoxy) is 1. The zero-order chi connectivity index (χ0) is 22.3. The summed E-state index contributed by atoms with van der Waals surface area (Å²) in [5.74, 6) is 1.52. The fourth-order valence-electron chi connectivity index (χ4n) is 3.57. The largest absolute Gasteiger partial charge is 0.379 e. The molecule has 0 aliphatic carbocycles. The van der Waals surface area contributed by atoms with Crippen molar-refractivity contribution < 1.29 is 9.53 Å². The Morgan fingerprint density at radius 1 is 1.06 bits per heavy atom. The fourth-order valence-corrected chi connectivity index (χ4v) is 4.34. The van der Waals surface area contributed by atoms with Crippen LogP contribution in [0, 0.1) is 0 Å². The van der Waals surface area contributed by atoms with Gasteiger partial charge in [-0.2, -0.15) is 0 Å². The second-order valence-corrected chi connectivity index (χ2v) is 9.01. The first-order valence-electron chi connectivity index (χ1n) is 10.9. The molecule has 3 aromatic rings. The predicted molar refractivity (Wildman–Crippen MR) is 127 cm³/mol. The van der Waals surface area contributed by atoms with E-state index in [9.17, 15) is 4.79 Å². The molecule has 32 heavy (non-hydrogen) atoms. The number of nitrogens with zero attached hydrogens (tertiary/aromatic N) is 4. The van der Waals surface area contributed by atoms with E-state index < -0.39 is 0 Å². The lowest BCUT2D eigenvalue weighted by Crippen LogP contribution is -2.36. The molecule has 1 aliphatic heterocycles. The zero-order valence-corrected chi connectivity index (χ0v) is 19.3. The molecule has 0 saturated carbocycles. The molecule has 4 rings (SSSR count). The minimum Gasteiger partial charge on any atom is -0.379 e. The van der Waals surface area contributed by atoms with Crippen LogP contribution in [-0.4, -0.2) is 57.6 Å². The van der Waals surface area contributed by atoms with Crippen LogP contribution in [0.5, 0.6) is 0 Å². The lowest BCUT2D eigenvalue weighted by atomic mass is 10.0. The van der Waals surface area contributed by atoms with Crippen LogP contribution < -0.4 is 5.32 Å². The number of thioether (sulfide) groups is 1. The van der Waals surface area contributed by atoms with E-state index in [2.05, 4.69) is 46.4 Å². The zero-order valence-electron chi connectivity index (χ0n) is 18.5. The number of anilines is 1. The molecule has 0 radical (unpaired) electrons. The Kier molecular flexibility index (Phi) is 7.57. The molecule has 1 amide bonds. The molecule has 2 heterocycles. The van der Waals surface area contributed by atoms with E-state index in [0.717, 1.165) is 43.5 Å². The van der Waals surface area contributed by atoms with E-state index in [0.29, 0.717) is 17.6 Å². The van der Waals surface area contributed by atoms with Gasteiger partial charge in [-0.05, 0) is 35.7 Å². The molecule has 1 saturated heterocycles. The monoisotopic (exact) mass is 451 g/mol. The molecule has 0 atom stereocenters. The van der Waals surface area contributed by atoms with Crippen LogP contribution in [0.3, 0.4) is 0 Å². The van der Waals surface area contributed by atoms with E-state index >= 15 is 0 Å². The van der Waals surface area contributed by atoms with Crippen LogP contribution in [-0.2, 0) is 16.1 Å². The molecule has 168 valence electrons. The Labute approximate surface area is 193 Å². The second kappa shape index (κ2) is 10.8. The number of morpholine rings is 1. The second-order valence-electron chi connectivity index (χ2n) is 8.07. The lowest BCUT2D eigenvalue weighted by molar-refractivity contribution is -0.113. The first-order chi connectivity index (χ1) is 15.6. The summed E-state index contributed by atoms with van der Waals surface area (Å²) in [4.78, 5) is 14.9. The van der Waals surface area contributed by atoms with Gasteiger partial charge >= 0.3 is 0 Å². The van der Waals surface area contributed by atoms with Crippen molar-refractivity contribution in [1.82, 2.24) is 19.7 Å². The Morgan fingerprint density at radius 2 is 1.78 bits per heavy atom. The van der Waals surface area contributed by atoms with Gasteiger partial charge in [0.1, 0.15) is 0 Å². The molecule has 1 aromatic heterocycles. The Hall–Kier alpha value is -2.68. The van der Waals surface area contributed by atoms with Crippen molar-refractivity contribution in [3.8, 4) is 5.69 Å². The number of para-hydroxylation sites is 1. The minimum absolute atomic E-state index is 0.0652. The third-order valence-electron chi connectivity index (χ3n) is 5.38. The van der Waals surface area contributed by atoms with E-state index in [1.165, 1.54) is 17.3 Å². The number of rotatable bonds is 8. The van der Waals surface area contributed by atoms with Gasteiger partial charge in [-0.25, -0.2) is 0 Å². The minimum atomic E-state index is -0.0652. The highest BCUT2D eigenvalue weighted by molar-refractivity contribution is 7.99. The van der Waals surface area contributed by atoms with E-state index in [1.807, 2.05) is 47.0 Å². The van der Waals surface area contributed by atoms with Gasteiger partial charge in [0.15, 0.2) is 11.0 Å². The van der Waals surface area contributed by atoms with Crippen LogP contribution >= 0.6 is 11.8 Å². The van der Waals surface area contributed by atoms with E-state index in [-0.39, 0.29) is 11.7 Å². The average molecular weight is 452 g/mol. The van der Waals surface area contributed by atoms with E-state index in [1.54, 1.807) is 0 Å². The summed E-state index contributed by atoms with van der Waals surface area (Å²) in [6.45, 7) is 8.23. The maximum absolute atomic E-state index is 12.6. The summed E-state index contributed by atoms with van der Waals surface area (Å²) < 4.78 is 7.50. The SMILES string of the molecule is CC(C)c1ccc(NC(=O)CSc2nnc(CN3CCOCC3)n2-c2ccccc2)cc1. The average Bonchev–Trinajstić information content (AvgIpc) is 3.21. The van der Waals surface area contributed by atoms with Gasteiger partial charge in [-0.1, -0.05) is 55.9 Å². The maximum atomic E-state index is 12.6. The Balaban J connectivity index is 1.44. The van der Waals surface area contributed by atoms with Crippen LogP contribution in [0.2, 0.25) is 0 Å². The van der Waals surface area contributed by atoms with Crippen LogP contribution in [0.25, 0.3) is 5.69 Å². The summed E-state index contributed by atoms with van der Waals surface area (Å²) in [5.41, 5.74) is 3.05. The van der Waals surface area contributed by atoms with Crippen molar-refractivity contribution in [2.75, 3.05) is 37.4 Å². The first-order valence-corrected chi connectivity index (χ1v) is 11.9. The number of hydrogen-bond donors (Lipinski definition) is 1. The highest BCUT2D eigenvalue weighted by atomic mass is 32.2. The molecule has 2 aromatic carbocycles. The maximum Gasteiger partial charge on any atom is 0.234 e. The molecule has 8 heteroatoms. The Morgan fingerprint density at radius 3 is 2.47 bits per heavy atom. The van der Waals surface area contributed by atoms with Crippen molar-refractivity contribution in [1.29, 1.82) is 0 Å². The standard InChI is InChI=1S/C24H29N5O2S/c1-18(2)19-8-10-20(11-9-19)25-23(30)17-32-24-27-26-22(16-28-12-14-31-15-13-28)29(24)21-6-4-3-5-7-21/h3-11,18H,12-17H2,1-2H3,(H,25,30). The normalized spacial score (nSPS) is 14.6. The fraction of sp³-hybridized carbons (Fsp3) is 0.375. The molecule has 1 fully saturated rings. The van der Waals surface area contributed by atoms with Crippen LogP contribution in [0.1, 0.15) is 31.2 Å². The summed E-state index contributed by atoms with van der Waals surface area (Å²) >= 11 is 1.39. The molecule has 0 unspecified atom stereocenters. The number of benzene rings is 2. The molecule has 1 N–H and O–H groups in total. The summed E-state index contributed by atoms with van der Waals surface area (Å²) in [7, 11) is 0. The quantitative estimate of drug-likeness (QED) is 0.523. The summed E-state index contributed by atoms with van der Waals surface area (Å²) in [6.07, 6.45) is 0. The van der Waals surface area contributed by atoms with Crippen LogP contribution in [0.4, 0.5) is 5.69 Å². The number of hydrogen-bond acceptors (Lipinski definition) is 6. The Bertz CT molecular complexity index is 1010. The number of amides is 1. The van der Waals surface area contributed by atoms with Gasteiger partial charge in [0.25, 0.3) is 0 Å². The van der Waals surface area contributed by atoms with Gasteiger partial charge in [0.2, 0.25) is 5.91 Å². The third kappa shape index (κ3) is 5.76. The molecular weight excluding hydrogens is 422 g/mol. The third-order valence-corrected chi connectivity index (χ3v) is 6.31. The van der Waals surface area contributed by atoms with Crippen molar-refractivity contribution in [2.45, 2.75) is 31.5 Å². The van der Waals surface area contributed by atoms with E-state index in [4.69, 9.17) is 4.74 Å². The summed E-state index contributed by atoms with van der Waals surface area (Å²) in [5, 5.41) is 12.5. The first kappa shape index (κ1) is 22.5. The number of carbonyl (C=O) groups excluding carboxylic acids is 1. The predicted octanol–water partition coefficient (Wildman–Crippen LogP) is 3.95.